The molecule has 0 aromatic heterocycles. The van der Waals surface area contributed by atoms with Crippen molar-refractivity contribution < 1.29 is 4.39 Å². The van der Waals surface area contributed by atoms with E-state index in [1.807, 2.05) is 13.0 Å². The van der Waals surface area contributed by atoms with Crippen LogP contribution in [0.2, 0.25) is 0 Å². The maximum atomic E-state index is 13.5. The van der Waals surface area contributed by atoms with Crippen molar-refractivity contribution in [3.05, 3.63) is 35.1 Å². The number of aryl methyl sites for hydroxylation is 1. The Morgan fingerprint density at radius 3 is 2.79 bits per heavy atom. The summed E-state index contributed by atoms with van der Waals surface area (Å²) < 4.78 is 13.5. The van der Waals surface area contributed by atoms with Gasteiger partial charge in [0.25, 0.3) is 0 Å². The first kappa shape index (κ1) is 14.5. The minimum atomic E-state index is -0.169. The number of nitrogens with zero attached hydrogens (tertiary/aromatic N) is 1. The molecule has 1 aromatic rings. The van der Waals surface area contributed by atoms with Crippen molar-refractivity contribution in [1.29, 1.82) is 0 Å². The fourth-order valence-corrected chi connectivity index (χ4v) is 3.30. The Balaban J connectivity index is 2.26. The molecule has 0 spiro atoms. The summed E-state index contributed by atoms with van der Waals surface area (Å²) in [4.78, 5) is 2.45. The number of hydrogen-bond acceptors (Lipinski definition) is 2. The van der Waals surface area contributed by atoms with Crippen LogP contribution in [0.1, 0.15) is 43.9 Å². The molecule has 0 amide bonds. The molecule has 0 radical (unpaired) electrons. The van der Waals surface area contributed by atoms with Crippen molar-refractivity contribution in [2.75, 3.05) is 13.1 Å². The van der Waals surface area contributed by atoms with Crippen LogP contribution in [0.4, 0.5) is 4.39 Å². The van der Waals surface area contributed by atoms with Crippen molar-refractivity contribution in [3.63, 3.8) is 0 Å². The highest BCUT2D eigenvalue weighted by atomic mass is 19.1. The van der Waals surface area contributed by atoms with Gasteiger partial charge in [-0.3, -0.25) is 4.90 Å². The normalized spacial score (nSPS) is 26.4. The molecule has 1 aliphatic rings. The van der Waals surface area contributed by atoms with Crippen LogP contribution < -0.4 is 5.73 Å². The zero-order valence-corrected chi connectivity index (χ0v) is 12.2. The summed E-state index contributed by atoms with van der Waals surface area (Å²) in [5.41, 5.74) is 8.16. The minimum Gasteiger partial charge on any atom is -0.329 e. The Kier molecular flexibility index (Phi) is 4.58. The van der Waals surface area contributed by atoms with Crippen LogP contribution in [0, 0.1) is 18.7 Å². The summed E-state index contributed by atoms with van der Waals surface area (Å²) in [7, 11) is 0. The van der Waals surface area contributed by atoms with Gasteiger partial charge in [0.1, 0.15) is 5.82 Å². The van der Waals surface area contributed by atoms with Gasteiger partial charge < -0.3 is 5.73 Å². The van der Waals surface area contributed by atoms with E-state index in [9.17, 15) is 4.39 Å². The zero-order chi connectivity index (χ0) is 14.0. The number of rotatable bonds is 3. The molecule has 3 atom stereocenters. The van der Waals surface area contributed by atoms with Crippen molar-refractivity contribution >= 4 is 0 Å². The maximum absolute atomic E-state index is 13.5. The molecule has 0 saturated carbocycles. The molecule has 2 rings (SSSR count). The number of hydrogen-bond donors (Lipinski definition) is 1. The first-order valence-electron chi connectivity index (χ1n) is 7.24. The van der Waals surface area contributed by atoms with E-state index in [0.29, 0.717) is 12.6 Å². The van der Waals surface area contributed by atoms with Crippen molar-refractivity contribution in [3.8, 4) is 0 Å². The Morgan fingerprint density at radius 1 is 1.42 bits per heavy atom. The molecular formula is C16H25FN2. The molecule has 1 aromatic carbocycles. The van der Waals surface area contributed by atoms with Crippen molar-refractivity contribution in [2.24, 2.45) is 11.7 Å². The molecule has 1 saturated heterocycles. The largest absolute Gasteiger partial charge is 0.329 e. The van der Waals surface area contributed by atoms with Crippen LogP contribution in [0.15, 0.2) is 18.2 Å². The maximum Gasteiger partial charge on any atom is 0.123 e. The van der Waals surface area contributed by atoms with Gasteiger partial charge in [0.15, 0.2) is 0 Å². The second-order valence-electron chi connectivity index (χ2n) is 5.97. The lowest BCUT2D eigenvalue weighted by Crippen LogP contribution is -2.45. The van der Waals surface area contributed by atoms with Gasteiger partial charge in [-0.15, -0.1) is 0 Å². The van der Waals surface area contributed by atoms with Crippen LogP contribution in [0.5, 0.6) is 0 Å². The van der Waals surface area contributed by atoms with Crippen LogP contribution in [-0.2, 0) is 0 Å². The molecule has 3 heteroatoms. The van der Waals surface area contributed by atoms with Crippen molar-refractivity contribution in [1.82, 2.24) is 4.90 Å². The van der Waals surface area contributed by atoms with Gasteiger partial charge >= 0.3 is 0 Å². The quantitative estimate of drug-likeness (QED) is 0.908. The predicted octanol–water partition coefficient (Wildman–Crippen LogP) is 3.25. The molecule has 2 nitrogen and oxygen atoms in total. The van der Waals surface area contributed by atoms with E-state index in [0.717, 1.165) is 23.6 Å². The standard InChI is InChI=1S/C16H25FN2/c1-11-6-7-19(13(3)8-11)16(10-18)15-9-14(17)5-4-12(15)2/h4-5,9,11,13,16H,6-8,10,18H2,1-3H3. The fraction of sp³-hybridized carbons (Fsp3) is 0.625. The lowest BCUT2D eigenvalue weighted by molar-refractivity contribution is 0.0843. The van der Waals surface area contributed by atoms with Gasteiger partial charge in [0.2, 0.25) is 0 Å². The molecular weight excluding hydrogens is 239 g/mol. The van der Waals surface area contributed by atoms with E-state index in [1.54, 1.807) is 6.07 Å². The molecule has 3 unspecified atom stereocenters. The molecule has 19 heavy (non-hydrogen) atoms. The Labute approximate surface area is 115 Å². The van der Waals surface area contributed by atoms with Crippen LogP contribution in [0.3, 0.4) is 0 Å². The van der Waals surface area contributed by atoms with Gasteiger partial charge in [-0.2, -0.15) is 0 Å². The van der Waals surface area contributed by atoms with Crippen LogP contribution in [0.25, 0.3) is 0 Å². The first-order chi connectivity index (χ1) is 9.02. The first-order valence-corrected chi connectivity index (χ1v) is 7.24. The number of benzene rings is 1. The summed E-state index contributed by atoms with van der Waals surface area (Å²) in [5, 5.41) is 0. The molecule has 1 aliphatic heterocycles. The monoisotopic (exact) mass is 264 g/mol. The lowest BCUT2D eigenvalue weighted by atomic mass is 9.89. The smallest absolute Gasteiger partial charge is 0.123 e. The molecule has 2 N–H and O–H groups in total. The number of likely N-dealkylation sites (tertiary alicyclic amines) is 1. The number of nitrogens with two attached hydrogens (primary N) is 1. The molecule has 106 valence electrons. The average Bonchev–Trinajstić information content (AvgIpc) is 2.36. The predicted molar refractivity (Wildman–Crippen MR) is 77.5 cm³/mol. The highest BCUT2D eigenvalue weighted by Crippen LogP contribution is 2.31. The number of piperidine rings is 1. The SMILES string of the molecule is Cc1ccc(F)cc1C(CN)N1CCC(C)CC1C. The van der Waals surface area contributed by atoms with Gasteiger partial charge in [-0.05, 0) is 62.4 Å². The average molecular weight is 264 g/mol. The molecule has 1 fully saturated rings. The number of halogens is 1. The third-order valence-electron chi connectivity index (χ3n) is 4.41. The van der Waals surface area contributed by atoms with E-state index in [-0.39, 0.29) is 11.9 Å². The lowest BCUT2D eigenvalue weighted by Gasteiger charge is -2.42. The third-order valence-corrected chi connectivity index (χ3v) is 4.41. The minimum absolute atomic E-state index is 0.137. The van der Waals surface area contributed by atoms with Crippen molar-refractivity contribution in [2.45, 2.75) is 45.7 Å². The highest BCUT2D eigenvalue weighted by Gasteiger charge is 2.29. The van der Waals surface area contributed by atoms with Gasteiger partial charge in [-0.1, -0.05) is 13.0 Å². The summed E-state index contributed by atoms with van der Waals surface area (Å²) in [6.07, 6.45) is 2.40. The molecule has 0 bridgehead atoms. The fourth-order valence-electron chi connectivity index (χ4n) is 3.30. The highest BCUT2D eigenvalue weighted by molar-refractivity contribution is 5.30. The summed E-state index contributed by atoms with van der Waals surface area (Å²) >= 11 is 0. The van der Waals surface area contributed by atoms with E-state index >= 15 is 0 Å². The summed E-state index contributed by atoms with van der Waals surface area (Å²) in [6, 6.07) is 5.68. The summed E-state index contributed by atoms with van der Waals surface area (Å²) in [6.45, 7) is 8.20. The topological polar surface area (TPSA) is 29.3 Å². The van der Waals surface area contributed by atoms with Crippen LogP contribution >= 0.6 is 0 Å². The van der Waals surface area contributed by atoms with Crippen LogP contribution in [-0.4, -0.2) is 24.0 Å². The van der Waals surface area contributed by atoms with E-state index in [1.165, 1.54) is 18.9 Å². The molecule has 0 aliphatic carbocycles. The Morgan fingerprint density at radius 2 is 2.16 bits per heavy atom. The van der Waals surface area contributed by atoms with E-state index in [4.69, 9.17) is 5.73 Å². The second kappa shape index (κ2) is 6.02. The molecule has 1 heterocycles. The summed E-state index contributed by atoms with van der Waals surface area (Å²) in [5.74, 6) is 0.607. The third kappa shape index (κ3) is 3.15. The Hall–Kier alpha value is -0.930. The van der Waals surface area contributed by atoms with Gasteiger partial charge in [-0.25, -0.2) is 4.39 Å². The van der Waals surface area contributed by atoms with E-state index < -0.39 is 0 Å². The van der Waals surface area contributed by atoms with E-state index in [2.05, 4.69) is 18.7 Å². The van der Waals surface area contributed by atoms with Gasteiger partial charge in [0.05, 0.1) is 0 Å². The second-order valence-corrected chi connectivity index (χ2v) is 5.97. The zero-order valence-electron chi connectivity index (χ0n) is 12.2. The Bertz CT molecular complexity index is 433. The van der Waals surface area contributed by atoms with Gasteiger partial charge in [0, 0.05) is 18.6 Å².